The number of benzene rings is 2. The van der Waals surface area contributed by atoms with Gasteiger partial charge in [-0.1, -0.05) is 55.6 Å². The Labute approximate surface area is 225 Å². The molecule has 168 valence electrons. The topological polar surface area (TPSA) is 45.8 Å². The molecule has 34 heavy (non-hydrogen) atoms. The number of thiophene rings is 2. The summed E-state index contributed by atoms with van der Waals surface area (Å²) >= 11 is 16.4. The smallest absolute Gasteiger partial charge is 0.249 e. The molecule has 0 amide bonds. The zero-order valence-electron chi connectivity index (χ0n) is 17.4. The molecule has 1 N–H and O–H groups in total. The summed E-state index contributed by atoms with van der Waals surface area (Å²) in [5.74, 6) is 0. The first-order chi connectivity index (χ1) is 16.5. The van der Waals surface area contributed by atoms with Crippen LogP contribution < -0.4 is 5.56 Å². The summed E-state index contributed by atoms with van der Waals surface area (Å²) in [4.78, 5) is 21.1. The van der Waals surface area contributed by atoms with Gasteiger partial charge in [0.15, 0.2) is 0 Å². The quantitative estimate of drug-likeness (QED) is 0.194. The second kappa shape index (κ2) is 10.1. The SMILES string of the molecule is Clc1cc(-c2cccs2)c2cc(Br)ccc2n1.O=c1cc(-c2cccs2)c2cc(Br)ccc2[nH]1. The number of aromatic amines is 1. The van der Waals surface area contributed by atoms with E-state index in [1.165, 1.54) is 4.88 Å². The summed E-state index contributed by atoms with van der Waals surface area (Å²) < 4.78 is 2.06. The average molecular weight is 631 g/mol. The van der Waals surface area contributed by atoms with Gasteiger partial charge in [0, 0.05) is 52.2 Å². The molecule has 6 rings (SSSR count). The summed E-state index contributed by atoms with van der Waals surface area (Å²) in [7, 11) is 0. The Hall–Kier alpha value is -2.29. The lowest BCUT2D eigenvalue weighted by atomic mass is 10.1. The molecule has 0 unspecified atom stereocenters. The van der Waals surface area contributed by atoms with Gasteiger partial charge in [-0.25, -0.2) is 4.98 Å². The third kappa shape index (κ3) is 5.04. The van der Waals surface area contributed by atoms with Gasteiger partial charge in [0.25, 0.3) is 0 Å². The Kier molecular flexibility index (Phi) is 6.99. The number of nitrogens with one attached hydrogen (secondary N) is 1. The predicted molar refractivity (Wildman–Crippen MR) is 153 cm³/mol. The number of hydrogen-bond acceptors (Lipinski definition) is 4. The van der Waals surface area contributed by atoms with Gasteiger partial charge in [-0.2, -0.15) is 0 Å². The van der Waals surface area contributed by atoms with Gasteiger partial charge in [-0.15, -0.1) is 22.7 Å². The Morgan fingerprint density at radius 2 is 1.38 bits per heavy atom. The molecule has 0 aliphatic carbocycles. The molecule has 4 aromatic heterocycles. The number of nitrogens with zero attached hydrogens (tertiary/aromatic N) is 1. The third-order valence-electron chi connectivity index (χ3n) is 5.12. The summed E-state index contributed by atoms with van der Waals surface area (Å²) in [6.45, 7) is 0. The van der Waals surface area contributed by atoms with Crippen LogP contribution in [0.2, 0.25) is 5.15 Å². The van der Waals surface area contributed by atoms with Crippen molar-refractivity contribution in [2.75, 3.05) is 0 Å². The summed E-state index contributed by atoms with van der Waals surface area (Å²) in [6.07, 6.45) is 0. The van der Waals surface area contributed by atoms with Gasteiger partial charge in [-0.05, 0) is 65.4 Å². The van der Waals surface area contributed by atoms with Crippen molar-refractivity contribution in [2.45, 2.75) is 0 Å². The summed E-state index contributed by atoms with van der Waals surface area (Å²) in [5.41, 5.74) is 3.84. The van der Waals surface area contributed by atoms with Crippen LogP contribution in [0, 0.1) is 0 Å². The zero-order valence-corrected chi connectivity index (χ0v) is 22.9. The van der Waals surface area contributed by atoms with Crippen molar-refractivity contribution >= 4 is 87.9 Å². The standard InChI is InChI=1S/C13H7BrClNS.C13H8BrNOS/c14-8-3-4-11-9(6-8)10(7-13(15)16-11)12-2-1-5-17-12;14-8-3-4-11-9(6-8)10(7-13(16)15-11)12-2-1-5-17-12/h1-7H;1-7H,(H,15,16). The van der Waals surface area contributed by atoms with E-state index in [0.717, 1.165) is 46.8 Å². The van der Waals surface area contributed by atoms with Gasteiger partial charge in [0.1, 0.15) is 5.15 Å². The van der Waals surface area contributed by atoms with Gasteiger partial charge in [0.05, 0.1) is 5.52 Å². The van der Waals surface area contributed by atoms with Crippen LogP contribution >= 0.6 is 66.1 Å². The summed E-state index contributed by atoms with van der Waals surface area (Å²) in [5, 5.41) is 6.78. The molecule has 8 heteroatoms. The van der Waals surface area contributed by atoms with Crippen LogP contribution in [-0.4, -0.2) is 9.97 Å². The number of halogens is 3. The first-order valence-electron chi connectivity index (χ1n) is 10.1. The van der Waals surface area contributed by atoms with Gasteiger partial charge in [-0.3, -0.25) is 4.79 Å². The minimum absolute atomic E-state index is 0.0665. The molecule has 3 nitrogen and oxygen atoms in total. The third-order valence-corrected chi connectivity index (χ3v) is 8.10. The second-order valence-corrected chi connectivity index (χ2v) is 11.5. The number of pyridine rings is 2. The fraction of sp³-hybridized carbons (Fsp3) is 0. The normalized spacial score (nSPS) is 10.9. The molecule has 4 heterocycles. The van der Waals surface area contributed by atoms with Crippen molar-refractivity contribution in [3.05, 3.63) is 108 Å². The Morgan fingerprint density at radius 1 is 0.765 bits per heavy atom. The molecule has 0 atom stereocenters. The number of aromatic nitrogens is 2. The van der Waals surface area contributed by atoms with E-state index in [0.29, 0.717) is 5.15 Å². The number of rotatable bonds is 2. The fourth-order valence-electron chi connectivity index (χ4n) is 3.66. The molecule has 0 radical (unpaired) electrons. The van der Waals surface area contributed by atoms with Gasteiger partial charge in [0.2, 0.25) is 5.56 Å². The van der Waals surface area contributed by atoms with E-state index < -0.39 is 0 Å². The van der Waals surface area contributed by atoms with E-state index in [1.807, 2.05) is 60.0 Å². The van der Waals surface area contributed by atoms with E-state index in [4.69, 9.17) is 11.6 Å². The van der Waals surface area contributed by atoms with Crippen LogP contribution in [0.4, 0.5) is 0 Å². The van der Waals surface area contributed by atoms with Crippen LogP contribution in [-0.2, 0) is 0 Å². The molecule has 0 fully saturated rings. The first-order valence-corrected chi connectivity index (χ1v) is 13.9. The Bertz CT molecular complexity index is 1660. The van der Waals surface area contributed by atoms with Gasteiger partial charge >= 0.3 is 0 Å². The van der Waals surface area contributed by atoms with Crippen molar-refractivity contribution < 1.29 is 0 Å². The van der Waals surface area contributed by atoms with E-state index in [-0.39, 0.29) is 5.56 Å². The molecule has 0 saturated carbocycles. The van der Waals surface area contributed by atoms with Crippen LogP contribution in [0.15, 0.2) is 97.3 Å². The van der Waals surface area contributed by atoms with Gasteiger partial charge < -0.3 is 4.98 Å². The largest absolute Gasteiger partial charge is 0.322 e. The lowest BCUT2D eigenvalue weighted by molar-refractivity contribution is 1.31. The van der Waals surface area contributed by atoms with Crippen molar-refractivity contribution in [1.29, 1.82) is 0 Å². The fourth-order valence-corrected chi connectivity index (χ4v) is 6.10. The maximum Gasteiger partial charge on any atom is 0.249 e. The number of hydrogen-bond donors (Lipinski definition) is 1. The predicted octanol–water partition coefficient (Wildman–Crippen LogP) is 9.40. The molecule has 0 aliphatic rings. The Morgan fingerprint density at radius 3 is 2.03 bits per heavy atom. The maximum atomic E-state index is 11.6. The summed E-state index contributed by atoms with van der Waals surface area (Å²) in [6, 6.07) is 23.6. The molecular formula is C26H15Br2ClN2OS2. The van der Waals surface area contributed by atoms with Crippen LogP contribution in [0.25, 0.3) is 42.7 Å². The van der Waals surface area contributed by atoms with E-state index in [9.17, 15) is 4.79 Å². The van der Waals surface area contributed by atoms with E-state index in [2.05, 4.69) is 59.3 Å². The van der Waals surface area contributed by atoms with Crippen molar-refractivity contribution in [1.82, 2.24) is 9.97 Å². The Balaban J connectivity index is 0.000000142. The van der Waals surface area contributed by atoms with E-state index >= 15 is 0 Å². The molecule has 0 aliphatic heterocycles. The van der Waals surface area contributed by atoms with E-state index in [1.54, 1.807) is 28.7 Å². The highest BCUT2D eigenvalue weighted by Gasteiger charge is 2.09. The molecule has 0 spiro atoms. The van der Waals surface area contributed by atoms with Crippen LogP contribution in [0.5, 0.6) is 0 Å². The molecule has 2 aromatic carbocycles. The monoisotopic (exact) mass is 628 g/mol. The highest BCUT2D eigenvalue weighted by atomic mass is 79.9. The molecular weight excluding hydrogens is 616 g/mol. The minimum atomic E-state index is -0.0665. The molecule has 6 aromatic rings. The maximum absolute atomic E-state index is 11.6. The van der Waals surface area contributed by atoms with Crippen molar-refractivity contribution in [3.63, 3.8) is 0 Å². The highest BCUT2D eigenvalue weighted by Crippen LogP contribution is 2.34. The first kappa shape index (κ1) is 23.5. The second-order valence-electron chi connectivity index (χ2n) is 7.35. The lowest BCUT2D eigenvalue weighted by Gasteiger charge is -2.05. The van der Waals surface area contributed by atoms with Crippen molar-refractivity contribution in [2.24, 2.45) is 0 Å². The highest BCUT2D eigenvalue weighted by molar-refractivity contribution is 9.10. The van der Waals surface area contributed by atoms with Crippen LogP contribution in [0.1, 0.15) is 0 Å². The minimum Gasteiger partial charge on any atom is -0.322 e. The molecule has 0 saturated heterocycles. The average Bonchev–Trinajstić information content (AvgIpc) is 3.54. The number of H-pyrrole nitrogens is 1. The molecule has 0 bridgehead atoms. The van der Waals surface area contributed by atoms with Crippen molar-refractivity contribution in [3.8, 4) is 20.9 Å². The van der Waals surface area contributed by atoms with Crippen LogP contribution in [0.3, 0.4) is 0 Å². The zero-order chi connectivity index (χ0) is 23.7. The number of fused-ring (bicyclic) bond motifs is 2. The lowest BCUT2D eigenvalue weighted by Crippen LogP contribution is -2.04.